The number of aliphatic hydroxyl groups excluding tert-OH is 1. The molecule has 106 valence electrons. The number of hydrogen-bond acceptors (Lipinski definition) is 4. The third-order valence-corrected chi connectivity index (χ3v) is 3.95. The zero-order chi connectivity index (χ0) is 14.0. The van der Waals surface area contributed by atoms with Gasteiger partial charge in [0.15, 0.2) is 0 Å². The highest BCUT2D eigenvalue weighted by Gasteiger charge is 2.36. The zero-order valence-corrected chi connectivity index (χ0v) is 11.6. The minimum atomic E-state index is -0.518. The van der Waals surface area contributed by atoms with Gasteiger partial charge in [0.1, 0.15) is 6.04 Å². The lowest BCUT2D eigenvalue weighted by Crippen LogP contribution is -2.56. The fourth-order valence-electron chi connectivity index (χ4n) is 2.59. The minimum absolute atomic E-state index is 0.109. The summed E-state index contributed by atoms with van der Waals surface area (Å²) in [5.41, 5.74) is 0. The van der Waals surface area contributed by atoms with Gasteiger partial charge in [-0.1, -0.05) is 0 Å². The van der Waals surface area contributed by atoms with Gasteiger partial charge in [0.25, 0.3) is 0 Å². The first-order chi connectivity index (χ1) is 9.02. The molecule has 2 atom stereocenters. The Kier molecular flexibility index (Phi) is 4.27. The standard InChI is InChI=1S/C13H22N4O2/c1-10(2)15-5-6-16(9-12(18)8-15)13(19)17-4-3-11(17)7-14/h10-12,18H,3-6,8-9H2,1-2H3/t11-,12?/m0/s1. The smallest absolute Gasteiger partial charge is 0.321 e. The molecule has 0 saturated carbocycles. The van der Waals surface area contributed by atoms with Crippen LogP contribution in [0.5, 0.6) is 0 Å². The van der Waals surface area contributed by atoms with Crippen molar-refractivity contribution in [3.05, 3.63) is 0 Å². The Labute approximate surface area is 114 Å². The lowest BCUT2D eigenvalue weighted by Gasteiger charge is -2.39. The second-order valence-corrected chi connectivity index (χ2v) is 5.60. The van der Waals surface area contributed by atoms with Crippen LogP contribution in [-0.4, -0.2) is 76.7 Å². The third kappa shape index (κ3) is 2.99. The molecule has 0 spiro atoms. The molecule has 1 N–H and O–H groups in total. The molecule has 0 aromatic rings. The molecule has 1 unspecified atom stereocenters. The van der Waals surface area contributed by atoms with Crippen LogP contribution in [-0.2, 0) is 0 Å². The molecule has 0 bridgehead atoms. The fraction of sp³-hybridized carbons (Fsp3) is 0.846. The molecule has 2 saturated heterocycles. The SMILES string of the molecule is CC(C)N1CCN(C(=O)N2CC[C@H]2C#N)CC(O)C1. The van der Waals surface area contributed by atoms with Gasteiger partial charge in [-0.25, -0.2) is 4.79 Å². The van der Waals surface area contributed by atoms with Gasteiger partial charge in [-0.15, -0.1) is 0 Å². The van der Waals surface area contributed by atoms with Crippen molar-refractivity contribution in [1.82, 2.24) is 14.7 Å². The van der Waals surface area contributed by atoms with Crippen molar-refractivity contribution in [3.8, 4) is 6.07 Å². The number of carbonyl (C=O) groups is 1. The molecule has 19 heavy (non-hydrogen) atoms. The predicted octanol–water partition coefficient (Wildman–Crippen LogP) is 0.0912. The van der Waals surface area contributed by atoms with E-state index in [0.717, 1.165) is 13.0 Å². The summed E-state index contributed by atoms with van der Waals surface area (Å²) in [6, 6.07) is 2.10. The van der Waals surface area contributed by atoms with E-state index < -0.39 is 6.10 Å². The summed E-state index contributed by atoms with van der Waals surface area (Å²) in [5, 5.41) is 18.9. The Balaban J connectivity index is 1.97. The highest BCUT2D eigenvalue weighted by molar-refractivity contribution is 5.76. The number of nitriles is 1. The van der Waals surface area contributed by atoms with E-state index in [1.54, 1.807) is 9.80 Å². The second kappa shape index (κ2) is 5.76. The summed E-state index contributed by atoms with van der Waals surface area (Å²) in [5.74, 6) is 0. The molecule has 2 heterocycles. The molecule has 2 aliphatic rings. The molecule has 0 aromatic carbocycles. The van der Waals surface area contributed by atoms with E-state index in [1.165, 1.54) is 0 Å². The molecule has 2 rings (SSSR count). The summed E-state index contributed by atoms with van der Waals surface area (Å²) < 4.78 is 0. The maximum absolute atomic E-state index is 12.3. The van der Waals surface area contributed by atoms with Crippen molar-refractivity contribution in [2.24, 2.45) is 0 Å². The molecular weight excluding hydrogens is 244 g/mol. The number of hydrogen-bond donors (Lipinski definition) is 1. The van der Waals surface area contributed by atoms with Crippen LogP contribution in [0.1, 0.15) is 20.3 Å². The van der Waals surface area contributed by atoms with Crippen molar-refractivity contribution < 1.29 is 9.90 Å². The topological polar surface area (TPSA) is 70.8 Å². The lowest BCUT2D eigenvalue weighted by atomic mass is 10.1. The van der Waals surface area contributed by atoms with Crippen molar-refractivity contribution >= 4 is 6.03 Å². The van der Waals surface area contributed by atoms with Gasteiger partial charge in [0.2, 0.25) is 0 Å². The van der Waals surface area contributed by atoms with Crippen LogP contribution in [0.15, 0.2) is 0 Å². The average molecular weight is 266 g/mol. The molecule has 6 nitrogen and oxygen atoms in total. The van der Waals surface area contributed by atoms with Crippen molar-refractivity contribution in [2.45, 2.75) is 38.5 Å². The number of amides is 2. The Morgan fingerprint density at radius 1 is 1.32 bits per heavy atom. The van der Waals surface area contributed by atoms with Crippen molar-refractivity contribution in [3.63, 3.8) is 0 Å². The van der Waals surface area contributed by atoms with E-state index >= 15 is 0 Å². The van der Waals surface area contributed by atoms with Crippen LogP contribution in [0.3, 0.4) is 0 Å². The third-order valence-electron chi connectivity index (χ3n) is 3.95. The first-order valence-electron chi connectivity index (χ1n) is 6.90. The number of aliphatic hydroxyl groups is 1. The Morgan fingerprint density at radius 2 is 2.05 bits per heavy atom. The molecular formula is C13H22N4O2. The van der Waals surface area contributed by atoms with Gasteiger partial charge < -0.3 is 14.9 Å². The summed E-state index contributed by atoms with van der Waals surface area (Å²) in [6.07, 6.45) is 0.243. The first-order valence-corrected chi connectivity index (χ1v) is 6.90. The van der Waals surface area contributed by atoms with Gasteiger partial charge in [-0.3, -0.25) is 4.90 Å². The summed E-state index contributed by atoms with van der Waals surface area (Å²) >= 11 is 0. The van der Waals surface area contributed by atoms with Gasteiger partial charge in [-0.2, -0.15) is 5.26 Å². The van der Waals surface area contributed by atoms with Gasteiger partial charge in [-0.05, 0) is 20.3 Å². The Bertz CT molecular complexity index is 379. The Hall–Kier alpha value is -1.32. The van der Waals surface area contributed by atoms with Crippen molar-refractivity contribution in [1.29, 1.82) is 5.26 Å². The number of β-amino-alcohol motifs (C(OH)–C–C–N with tert-alkyl or cyclic N) is 1. The Morgan fingerprint density at radius 3 is 2.58 bits per heavy atom. The summed E-state index contributed by atoms with van der Waals surface area (Å²) in [4.78, 5) is 17.7. The second-order valence-electron chi connectivity index (χ2n) is 5.60. The normalized spacial score (nSPS) is 28.8. The van der Waals surface area contributed by atoms with Gasteiger partial charge in [0, 0.05) is 38.8 Å². The molecule has 2 fully saturated rings. The largest absolute Gasteiger partial charge is 0.390 e. The maximum atomic E-state index is 12.3. The van der Waals surface area contributed by atoms with Crippen LogP contribution in [0.2, 0.25) is 0 Å². The number of urea groups is 1. The predicted molar refractivity (Wildman–Crippen MR) is 70.4 cm³/mol. The highest BCUT2D eigenvalue weighted by Crippen LogP contribution is 2.19. The number of rotatable bonds is 1. The van der Waals surface area contributed by atoms with Crippen LogP contribution in [0.25, 0.3) is 0 Å². The molecule has 0 radical (unpaired) electrons. The van der Waals surface area contributed by atoms with Gasteiger partial charge >= 0.3 is 6.03 Å². The fourth-order valence-corrected chi connectivity index (χ4v) is 2.59. The lowest BCUT2D eigenvalue weighted by molar-refractivity contribution is 0.0818. The van der Waals surface area contributed by atoms with Crippen LogP contribution in [0, 0.1) is 11.3 Å². The van der Waals surface area contributed by atoms with E-state index in [1.807, 2.05) is 0 Å². The molecule has 6 heteroatoms. The van der Waals surface area contributed by atoms with E-state index in [0.29, 0.717) is 32.2 Å². The highest BCUT2D eigenvalue weighted by atomic mass is 16.3. The van der Waals surface area contributed by atoms with E-state index in [-0.39, 0.29) is 12.1 Å². The zero-order valence-electron chi connectivity index (χ0n) is 11.6. The van der Waals surface area contributed by atoms with E-state index in [2.05, 4.69) is 24.8 Å². The quantitative estimate of drug-likeness (QED) is 0.730. The monoisotopic (exact) mass is 266 g/mol. The van der Waals surface area contributed by atoms with Gasteiger partial charge in [0.05, 0.1) is 12.2 Å². The maximum Gasteiger partial charge on any atom is 0.321 e. The molecule has 2 amide bonds. The van der Waals surface area contributed by atoms with Crippen LogP contribution >= 0.6 is 0 Å². The van der Waals surface area contributed by atoms with E-state index in [4.69, 9.17) is 5.26 Å². The van der Waals surface area contributed by atoms with Crippen molar-refractivity contribution in [2.75, 3.05) is 32.7 Å². The minimum Gasteiger partial charge on any atom is -0.390 e. The first kappa shape index (κ1) is 14.1. The number of carbonyl (C=O) groups excluding carboxylic acids is 1. The van der Waals surface area contributed by atoms with E-state index in [9.17, 15) is 9.90 Å². The molecule has 2 aliphatic heterocycles. The average Bonchev–Trinajstić information content (AvgIpc) is 2.50. The molecule has 0 aromatic heterocycles. The van der Waals surface area contributed by atoms with Crippen LogP contribution in [0.4, 0.5) is 4.79 Å². The van der Waals surface area contributed by atoms with Crippen LogP contribution < -0.4 is 0 Å². The number of nitrogens with zero attached hydrogens (tertiary/aromatic N) is 4. The number of likely N-dealkylation sites (tertiary alicyclic amines) is 1. The summed E-state index contributed by atoms with van der Waals surface area (Å²) in [7, 11) is 0. The summed E-state index contributed by atoms with van der Waals surface area (Å²) in [6.45, 7) is 7.17. The molecule has 0 aliphatic carbocycles.